The van der Waals surface area contributed by atoms with Gasteiger partial charge in [0.15, 0.2) is 0 Å². The van der Waals surface area contributed by atoms with Gasteiger partial charge in [-0.3, -0.25) is 0 Å². The smallest absolute Gasteiger partial charge is 0.134 e. The van der Waals surface area contributed by atoms with E-state index in [-0.39, 0.29) is 11.6 Å². The van der Waals surface area contributed by atoms with E-state index in [0.717, 1.165) is 5.56 Å². The van der Waals surface area contributed by atoms with Gasteiger partial charge in [-0.15, -0.1) is 0 Å². The minimum atomic E-state index is -0.587. The second-order valence-corrected chi connectivity index (χ2v) is 5.22. The van der Waals surface area contributed by atoms with Crippen LogP contribution < -0.4 is 5.73 Å². The van der Waals surface area contributed by atoms with Crippen molar-refractivity contribution < 1.29 is 13.2 Å². The fourth-order valence-electron chi connectivity index (χ4n) is 2.46. The van der Waals surface area contributed by atoms with Crippen molar-refractivity contribution in [2.24, 2.45) is 5.73 Å². The van der Waals surface area contributed by atoms with Gasteiger partial charge in [0.25, 0.3) is 0 Å². The third-order valence-corrected chi connectivity index (χ3v) is 3.77. The van der Waals surface area contributed by atoms with Crippen LogP contribution >= 0.6 is 0 Å². The van der Waals surface area contributed by atoms with E-state index in [4.69, 9.17) is 10.2 Å². The van der Waals surface area contributed by atoms with Gasteiger partial charge in [0.2, 0.25) is 0 Å². The third-order valence-electron chi connectivity index (χ3n) is 3.77. The summed E-state index contributed by atoms with van der Waals surface area (Å²) in [7, 11) is 0. The van der Waals surface area contributed by atoms with Crippen LogP contribution in [0.2, 0.25) is 0 Å². The second-order valence-electron chi connectivity index (χ2n) is 5.22. The van der Waals surface area contributed by atoms with E-state index in [9.17, 15) is 8.78 Å². The lowest BCUT2D eigenvalue weighted by Gasteiger charge is -2.11. The van der Waals surface area contributed by atoms with Crippen molar-refractivity contribution in [3.8, 4) is 0 Å². The van der Waals surface area contributed by atoms with Gasteiger partial charge in [0, 0.05) is 10.9 Å². The molecule has 0 saturated heterocycles. The quantitative estimate of drug-likeness (QED) is 0.760. The van der Waals surface area contributed by atoms with Crippen LogP contribution in [-0.4, -0.2) is 0 Å². The van der Waals surface area contributed by atoms with E-state index in [1.54, 1.807) is 25.1 Å². The molecule has 2 aromatic carbocycles. The summed E-state index contributed by atoms with van der Waals surface area (Å²) < 4.78 is 32.7. The standard InChI is InChI=1S/C17H15F2NO/c1-9-3-4-11(7-14(9)19)16(20)17-10(2)13-8-12(18)5-6-15(13)21-17/h3-8,16H,20H2,1-2H3. The van der Waals surface area contributed by atoms with Crippen LogP contribution in [0.25, 0.3) is 11.0 Å². The molecule has 2 N–H and O–H groups in total. The molecule has 0 aliphatic carbocycles. The van der Waals surface area contributed by atoms with E-state index in [0.29, 0.717) is 27.9 Å². The van der Waals surface area contributed by atoms with E-state index >= 15 is 0 Å². The van der Waals surface area contributed by atoms with Crippen LogP contribution in [0, 0.1) is 25.5 Å². The molecule has 0 fully saturated rings. The Kier molecular flexibility index (Phi) is 3.26. The normalized spacial score (nSPS) is 12.8. The average molecular weight is 287 g/mol. The third kappa shape index (κ3) is 2.32. The number of halogens is 2. The lowest BCUT2D eigenvalue weighted by molar-refractivity contribution is 0.518. The van der Waals surface area contributed by atoms with Gasteiger partial charge in [-0.1, -0.05) is 12.1 Å². The topological polar surface area (TPSA) is 39.2 Å². The van der Waals surface area contributed by atoms with Gasteiger partial charge in [0.1, 0.15) is 23.0 Å². The summed E-state index contributed by atoms with van der Waals surface area (Å²) in [6.07, 6.45) is 0. The number of benzene rings is 2. The summed E-state index contributed by atoms with van der Waals surface area (Å²) in [6.45, 7) is 3.52. The Labute approximate surface area is 121 Å². The molecule has 0 aliphatic heterocycles. The molecule has 1 atom stereocenters. The molecule has 3 aromatic rings. The fourth-order valence-corrected chi connectivity index (χ4v) is 2.46. The molecular weight excluding hydrogens is 272 g/mol. The van der Waals surface area contributed by atoms with Crippen LogP contribution in [0.3, 0.4) is 0 Å². The molecule has 108 valence electrons. The monoisotopic (exact) mass is 287 g/mol. The predicted molar refractivity (Wildman–Crippen MR) is 78.1 cm³/mol. The molecule has 3 rings (SSSR count). The van der Waals surface area contributed by atoms with Crippen LogP contribution in [0.1, 0.15) is 28.5 Å². The molecule has 0 bridgehead atoms. The maximum Gasteiger partial charge on any atom is 0.134 e. The molecule has 1 unspecified atom stereocenters. The lowest BCUT2D eigenvalue weighted by Crippen LogP contribution is -2.12. The average Bonchev–Trinajstić information content (AvgIpc) is 2.78. The number of hydrogen-bond donors (Lipinski definition) is 1. The summed E-state index contributed by atoms with van der Waals surface area (Å²) in [4.78, 5) is 0. The van der Waals surface area contributed by atoms with Crippen molar-refractivity contribution in [2.75, 3.05) is 0 Å². The molecule has 0 saturated carbocycles. The molecular formula is C17H15F2NO. The first-order valence-corrected chi connectivity index (χ1v) is 6.67. The van der Waals surface area contributed by atoms with Crippen molar-refractivity contribution in [3.05, 3.63) is 70.5 Å². The molecule has 4 heteroatoms. The number of fused-ring (bicyclic) bond motifs is 1. The molecule has 0 amide bonds. The highest BCUT2D eigenvalue weighted by Gasteiger charge is 2.19. The first kappa shape index (κ1) is 13.8. The summed E-state index contributed by atoms with van der Waals surface area (Å²) in [5.74, 6) is -0.102. The van der Waals surface area contributed by atoms with Crippen LogP contribution in [-0.2, 0) is 0 Å². The summed E-state index contributed by atoms with van der Waals surface area (Å²) >= 11 is 0. The van der Waals surface area contributed by atoms with Crippen molar-refractivity contribution in [2.45, 2.75) is 19.9 Å². The number of nitrogens with two attached hydrogens (primary N) is 1. The van der Waals surface area contributed by atoms with Gasteiger partial charge < -0.3 is 10.2 Å². The van der Waals surface area contributed by atoms with Gasteiger partial charge >= 0.3 is 0 Å². The van der Waals surface area contributed by atoms with Crippen LogP contribution in [0.4, 0.5) is 8.78 Å². The number of aryl methyl sites for hydroxylation is 2. The Balaban J connectivity index is 2.10. The molecule has 1 heterocycles. The van der Waals surface area contributed by atoms with E-state index in [2.05, 4.69) is 0 Å². The van der Waals surface area contributed by atoms with Gasteiger partial charge in [0.05, 0.1) is 6.04 Å². The number of hydrogen-bond acceptors (Lipinski definition) is 2. The Morgan fingerprint density at radius 3 is 2.52 bits per heavy atom. The Hall–Kier alpha value is -2.20. The molecule has 0 radical (unpaired) electrons. The highest BCUT2D eigenvalue weighted by atomic mass is 19.1. The Morgan fingerprint density at radius 1 is 1.05 bits per heavy atom. The minimum Gasteiger partial charge on any atom is -0.459 e. The highest BCUT2D eigenvalue weighted by molar-refractivity contribution is 5.82. The van der Waals surface area contributed by atoms with Crippen molar-refractivity contribution in [1.82, 2.24) is 0 Å². The number of furan rings is 1. The van der Waals surface area contributed by atoms with Crippen molar-refractivity contribution in [3.63, 3.8) is 0 Å². The van der Waals surface area contributed by atoms with Gasteiger partial charge in [-0.2, -0.15) is 0 Å². The van der Waals surface area contributed by atoms with E-state index < -0.39 is 6.04 Å². The maximum absolute atomic E-state index is 13.7. The number of rotatable bonds is 2. The second kappa shape index (κ2) is 4.97. The molecule has 0 spiro atoms. The van der Waals surface area contributed by atoms with E-state index in [1.807, 2.05) is 6.92 Å². The largest absolute Gasteiger partial charge is 0.459 e. The van der Waals surface area contributed by atoms with Gasteiger partial charge in [-0.05, 0) is 49.2 Å². The predicted octanol–water partition coefficient (Wildman–Crippen LogP) is 4.38. The maximum atomic E-state index is 13.7. The van der Waals surface area contributed by atoms with Crippen LogP contribution in [0.5, 0.6) is 0 Å². The zero-order valence-electron chi connectivity index (χ0n) is 11.8. The van der Waals surface area contributed by atoms with Crippen molar-refractivity contribution in [1.29, 1.82) is 0 Å². The zero-order chi connectivity index (χ0) is 15.1. The Morgan fingerprint density at radius 2 is 1.81 bits per heavy atom. The van der Waals surface area contributed by atoms with E-state index in [1.165, 1.54) is 18.2 Å². The van der Waals surface area contributed by atoms with Crippen LogP contribution in [0.15, 0.2) is 40.8 Å². The molecule has 1 aromatic heterocycles. The molecule has 2 nitrogen and oxygen atoms in total. The fraction of sp³-hybridized carbons (Fsp3) is 0.176. The molecule has 21 heavy (non-hydrogen) atoms. The summed E-state index contributed by atoms with van der Waals surface area (Å²) in [5.41, 5.74) is 8.73. The highest BCUT2D eigenvalue weighted by Crippen LogP contribution is 2.32. The first-order valence-electron chi connectivity index (χ1n) is 6.67. The minimum absolute atomic E-state index is 0.303. The first-order chi connectivity index (χ1) is 9.97. The zero-order valence-corrected chi connectivity index (χ0v) is 11.8. The van der Waals surface area contributed by atoms with Crippen molar-refractivity contribution >= 4 is 11.0 Å². The summed E-state index contributed by atoms with van der Waals surface area (Å²) in [6, 6.07) is 8.61. The SMILES string of the molecule is Cc1ccc(C(N)c2oc3ccc(F)cc3c2C)cc1F. The lowest BCUT2D eigenvalue weighted by atomic mass is 10.0. The summed E-state index contributed by atoms with van der Waals surface area (Å²) in [5, 5.41) is 0.688. The molecule has 0 aliphatic rings. The Bertz CT molecular complexity index is 823. The van der Waals surface area contributed by atoms with Gasteiger partial charge in [-0.25, -0.2) is 8.78 Å².